The smallest absolute Gasteiger partial charge is 0.129 e. The number of benzene rings is 2. The third kappa shape index (κ3) is 2.42. The zero-order valence-corrected chi connectivity index (χ0v) is 12.5. The number of aliphatic hydroxyl groups excluding tert-OH is 1. The first-order valence-corrected chi connectivity index (χ1v) is 7.10. The molecule has 2 nitrogen and oxygen atoms in total. The van der Waals surface area contributed by atoms with Crippen LogP contribution < -0.4 is 4.74 Å². The van der Waals surface area contributed by atoms with Crippen LogP contribution in [0, 0.1) is 12.7 Å². The molecule has 0 bridgehead atoms. The Morgan fingerprint density at radius 1 is 1.19 bits per heavy atom. The summed E-state index contributed by atoms with van der Waals surface area (Å²) >= 11 is 0. The fraction of sp³-hybridized carbons (Fsp3) is 0.333. The van der Waals surface area contributed by atoms with E-state index >= 15 is 0 Å². The van der Waals surface area contributed by atoms with E-state index in [2.05, 4.69) is 13.8 Å². The Kier molecular flexibility index (Phi) is 3.25. The molecule has 3 heteroatoms. The van der Waals surface area contributed by atoms with Crippen LogP contribution in [-0.2, 0) is 5.41 Å². The second kappa shape index (κ2) is 4.85. The zero-order chi connectivity index (χ0) is 15.2. The second-order valence-corrected chi connectivity index (χ2v) is 6.36. The Bertz CT molecular complexity index is 692. The van der Waals surface area contributed by atoms with Crippen molar-refractivity contribution in [1.29, 1.82) is 0 Å². The maximum atomic E-state index is 13.9. The number of aryl methyl sites for hydroxylation is 1. The van der Waals surface area contributed by atoms with Gasteiger partial charge in [0.15, 0.2) is 0 Å². The summed E-state index contributed by atoms with van der Waals surface area (Å²) in [5.41, 5.74) is 2.90. The summed E-state index contributed by atoms with van der Waals surface area (Å²) in [5, 5.41) is 10.5. The monoisotopic (exact) mass is 286 g/mol. The van der Waals surface area contributed by atoms with Crippen molar-refractivity contribution in [3.05, 3.63) is 64.5 Å². The number of rotatable bonds is 2. The summed E-state index contributed by atoms with van der Waals surface area (Å²) < 4.78 is 19.6. The van der Waals surface area contributed by atoms with Gasteiger partial charge in [-0.05, 0) is 30.7 Å². The summed E-state index contributed by atoms with van der Waals surface area (Å²) in [6, 6.07) is 10.4. The lowest BCUT2D eigenvalue weighted by molar-refractivity contribution is 0.214. The molecule has 0 amide bonds. The first-order chi connectivity index (χ1) is 9.88. The van der Waals surface area contributed by atoms with Crippen LogP contribution in [-0.4, -0.2) is 11.7 Å². The van der Waals surface area contributed by atoms with Gasteiger partial charge in [-0.2, -0.15) is 0 Å². The van der Waals surface area contributed by atoms with Crippen molar-refractivity contribution < 1.29 is 14.2 Å². The molecule has 1 unspecified atom stereocenters. The molecule has 1 atom stereocenters. The lowest BCUT2D eigenvalue weighted by Crippen LogP contribution is -2.18. The van der Waals surface area contributed by atoms with Crippen molar-refractivity contribution in [2.75, 3.05) is 6.61 Å². The molecule has 1 N–H and O–H groups in total. The van der Waals surface area contributed by atoms with Crippen molar-refractivity contribution in [1.82, 2.24) is 0 Å². The van der Waals surface area contributed by atoms with Crippen molar-refractivity contribution in [3.8, 4) is 5.75 Å². The Morgan fingerprint density at radius 3 is 2.71 bits per heavy atom. The highest BCUT2D eigenvalue weighted by molar-refractivity contribution is 5.47. The van der Waals surface area contributed by atoms with Crippen LogP contribution in [0.3, 0.4) is 0 Å². The molecule has 2 aromatic carbocycles. The molecule has 0 radical (unpaired) electrons. The van der Waals surface area contributed by atoms with Crippen LogP contribution in [0.5, 0.6) is 5.75 Å². The molecule has 0 spiro atoms. The standard InChI is InChI=1S/C18H19FO2/c1-11-4-6-15(19)13(8-11)17(20)12-5-7-16-14(9-12)18(2,3)10-21-16/h4-9,17,20H,10H2,1-3H3. The average Bonchev–Trinajstić information content (AvgIpc) is 2.76. The molecule has 1 aliphatic rings. The zero-order valence-electron chi connectivity index (χ0n) is 12.5. The van der Waals surface area contributed by atoms with E-state index in [0.29, 0.717) is 17.7 Å². The molecule has 0 saturated carbocycles. The van der Waals surface area contributed by atoms with E-state index in [9.17, 15) is 9.50 Å². The van der Waals surface area contributed by atoms with Crippen molar-refractivity contribution in [2.45, 2.75) is 32.3 Å². The largest absolute Gasteiger partial charge is 0.492 e. The SMILES string of the molecule is Cc1ccc(F)c(C(O)c2ccc3c(c2)C(C)(C)CO3)c1. The molecule has 3 rings (SSSR count). The van der Waals surface area contributed by atoms with Gasteiger partial charge >= 0.3 is 0 Å². The number of hydrogen-bond acceptors (Lipinski definition) is 2. The Labute approximate surface area is 124 Å². The molecule has 0 aromatic heterocycles. The summed E-state index contributed by atoms with van der Waals surface area (Å²) in [6.07, 6.45) is -0.966. The van der Waals surface area contributed by atoms with E-state index in [0.717, 1.165) is 16.9 Å². The number of fused-ring (bicyclic) bond motifs is 1. The predicted octanol–water partition coefficient (Wildman–Crippen LogP) is 3.89. The predicted molar refractivity (Wildman–Crippen MR) is 80.2 cm³/mol. The lowest BCUT2D eigenvalue weighted by Gasteiger charge is -2.18. The highest BCUT2D eigenvalue weighted by atomic mass is 19.1. The van der Waals surface area contributed by atoms with E-state index in [-0.39, 0.29) is 11.2 Å². The van der Waals surface area contributed by atoms with Gasteiger partial charge in [-0.3, -0.25) is 0 Å². The van der Waals surface area contributed by atoms with Crippen LogP contribution in [0.1, 0.15) is 42.2 Å². The number of hydrogen-bond donors (Lipinski definition) is 1. The van der Waals surface area contributed by atoms with Gasteiger partial charge < -0.3 is 9.84 Å². The van der Waals surface area contributed by atoms with E-state index in [1.54, 1.807) is 18.2 Å². The van der Waals surface area contributed by atoms with E-state index in [1.165, 1.54) is 6.07 Å². The number of aliphatic hydroxyl groups is 1. The van der Waals surface area contributed by atoms with Gasteiger partial charge in [-0.25, -0.2) is 4.39 Å². The average molecular weight is 286 g/mol. The second-order valence-electron chi connectivity index (χ2n) is 6.36. The van der Waals surface area contributed by atoms with Gasteiger partial charge in [0.1, 0.15) is 17.7 Å². The van der Waals surface area contributed by atoms with Crippen molar-refractivity contribution in [3.63, 3.8) is 0 Å². The van der Waals surface area contributed by atoms with Crippen LogP contribution >= 0.6 is 0 Å². The Balaban J connectivity index is 2.03. The number of halogens is 1. The van der Waals surface area contributed by atoms with E-state index < -0.39 is 6.10 Å². The highest BCUT2D eigenvalue weighted by Crippen LogP contribution is 2.40. The fourth-order valence-corrected chi connectivity index (χ4v) is 2.76. The molecule has 21 heavy (non-hydrogen) atoms. The van der Waals surface area contributed by atoms with Crippen molar-refractivity contribution >= 4 is 0 Å². The van der Waals surface area contributed by atoms with Crippen LogP contribution in [0.2, 0.25) is 0 Å². The molecule has 1 heterocycles. The molecule has 1 aliphatic heterocycles. The summed E-state index contributed by atoms with van der Waals surface area (Å²) in [5.74, 6) is 0.463. The van der Waals surface area contributed by atoms with Crippen LogP contribution in [0.15, 0.2) is 36.4 Å². The minimum Gasteiger partial charge on any atom is -0.492 e. The third-order valence-electron chi connectivity index (χ3n) is 4.08. The minimum absolute atomic E-state index is 0.0871. The Hall–Kier alpha value is -1.87. The third-order valence-corrected chi connectivity index (χ3v) is 4.08. The highest BCUT2D eigenvalue weighted by Gasteiger charge is 2.32. The normalized spacial score (nSPS) is 17.2. The van der Waals surface area contributed by atoms with Gasteiger partial charge in [0.25, 0.3) is 0 Å². The van der Waals surface area contributed by atoms with Gasteiger partial charge in [0, 0.05) is 16.5 Å². The van der Waals surface area contributed by atoms with Crippen molar-refractivity contribution in [2.24, 2.45) is 0 Å². The minimum atomic E-state index is -0.966. The van der Waals surface area contributed by atoms with E-state index in [1.807, 2.05) is 19.1 Å². The first kappa shape index (κ1) is 14.1. The van der Waals surface area contributed by atoms with E-state index in [4.69, 9.17) is 4.74 Å². The van der Waals surface area contributed by atoms with Crippen LogP contribution in [0.4, 0.5) is 4.39 Å². The summed E-state index contributed by atoms with van der Waals surface area (Å²) in [6.45, 7) is 6.71. The summed E-state index contributed by atoms with van der Waals surface area (Å²) in [4.78, 5) is 0. The van der Waals surface area contributed by atoms with Crippen LogP contribution in [0.25, 0.3) is 0 Å². The molecular formula is C18H19FO2. The molecule has 0 aliphatic carbocycles. The lowest BCUT2D eigenvalue weighted by atomic mass is 9.85. The molecule has 110 valence electrons. The maximum absolute atomic E-state index is 13.9. The van der Waals surface area contributed by atoms with Gasteiger partial charge in [-0.15, -0.1) is 0 Å². The molecular weight excluding hydrogens is 267 g/mol. The summed E-state index contributed by atoms with van der Waals surface area (Å²) in [7, 11) is 0. The Morgan fingerprint density at radius 2 is 1.95 bits per heavy atom. The quantitative estimate of drug-likeness (QED) is 0.907. The molecule has 0 fully saturated rings. The van der Waals surface area contributed by atoms with Gasteiger partial charge in [-0.1, -0.05) is 37.6 Å². The van der Waals surface area contributed by atoms with Gasteiger partial charge in [0.2, 0.25) is 0 Å². The first-order valence-electron chi connectivity index (χ1n) is 7.10. The topological polar surface area (TPSA) is 29.5 Å². The molecule has 0 saturated heterocycles. The maximum Gasteiger partial charge on any atom is 0.129 e. The fourth-order valence-electron chi connectivity index (χ4n) is 2.76. The molecule has 2 aromatic rings. The number of ether oxygens (including phenoxy) is 1. The van der Waals surface area contributed by atoms with Gasteiger partial charge in [0.05, 0.1) is 6.61 Å².